The number of rotatable bonds is 0. The summed E-state index contributed by atoms with van der Waals surface area (Å²) in [5.74, 6) is 7.74. The van der Waals surface area contributed by atoms with E-state index in [0.717, 1.165) is 23.7 Å². The van der Waals surface area contributed by atoms with Gasteiger partial charge in [-0.1, -0.05) is 26.7 Å². The van der Waals surface area contributed by atoms with E-state index in [1.807, 2.05) is 0 Å². The van der Waals surface area contributed by atoms with Crippen molar-refractivity contribution in [1.82, 2.24) is 0 Å². The Hall–Kier alpha value is -0.440. The van der Waals surface area contributed by atoms with E-state index in [-0.39, 0.29) is 0 Å². The van der Waals surface area contributed by atoms with Gasteiger partial charge >= 0.3 is 0 Å². The van der Waals surface area contributed by atoms with Crippen molar-refractivity contribution in [1.29, 1.82) is 0 Å². The van der Waals surface area contributed by atoms with Gasteiger partial charge < -0.3 is 0 Å². The van der Waals surface area contributed by atoms with Crippen LogP contribution in [0.15, 0.2) is 0 Å². The molecule has 0 heteroatoms. The summed E-state index contributed by atoms with van der Waals surface area (Å²) >= 11 is 0. The summed E-state index contributed by atoms with van der Waals surface area (Å²) < 4.78 is 0. The third-order valence-corrected chi connectivity index (χ3v) is 8.78. The second kappa shape index (κ2) is 4.78. The fraction of sp³-hybridized carbons (Fsp3) is 0.905. The van der Waals surface area contributed by atoms with E-state index in [2.05, 4.69) is 19.8 Å². The molecule has 21 heavy (non-hydrogen) atoms. The van der Waals surface area contributed by atoms with Crippen LogP contribution in [0.1, 0.15) is 78.1 Å². The van der Waals surface area contributed by atoms with Crippen LogP contribution in [0.4, 0.5) is 0 Å². The largest absolute Gasteiger partial charge is 0.120 e. The molecule has 116 valence electrons. The molecule has 0 N–H and O–H groups in total. The van der Waals surface area contributed by atoms with E-state index in [1.54, 1.807) is 0 Å². The molecule has 0 amide bonds. The zero-order chi connectivity index (χ0) is 14.7. The molecule has 0 aromatic rings. The summed E-state index contributed by atoms with van der Waals surface area (Å²) in [6.07, 6.45) is 20.6. The number of hydrogen-bond acceptors (Lipinski definition) is 0. The van der Waals surface area contributed by atoms with Gasteiger partial charge in [0.1, 0.15) is 0 Å². The molecule has 7 atom stereocenters. The van der Waals surface area contributed by atoms with Gasteiger partial charge in [0.25, 0.3) is 0 Å². The Bertz CT molecular complexity index is 457. The Kier molecular flexibility index (Phi) is 3.22. The first kappa shape index (κ1) is 14.2. The predicted molar refractivity (Wildman–Crippen MR) is 88.7 cm³/mol. The quantitative estimate of drug-likeness (QED) is 0.503. The lowest BCUT2D eigenvalue weighted by Crippen LogP contribution is -2.52. The molecule has 0 spiro atoms. The van der Waals surface area contributed by atoms with Crippen LogP contribution in [0.3, 0.4) is 0 Å². The first-order valence-corrected chi connectivity index (χ1v) is 9.56. The Morgan fingerprint density at radius 1 is 0.810 bits per heavy atom. The Labute approximate surface area is 131 Å². The van der Waals surface area contributed by atoms with Crippen molar-refractivity contribution in [3.63, 3.8) is 0 Å². The third-order valence-electron chi connectivity index (χ3n) is 8.78. The van der Waals surface area contributed by atoms with Gasteiger partial charge in [0.05, 0.1) is 0 Å². The topological polar surface area (TPSA) is 0 Å². The minimum Gasteiger partial charge on any atom is -0.120 e. The normalized spacial score (nSPS) is 56.0. The van der Waals surface area contributed by atoms with Crippen molar-refractivity contribution >= 4 is 0 Å². The van der Waals surface area contributed by atoms with Crippen molar-refractivity contribution in [2.75, 3.05) is 0 Å². The van der Waals surface area contributed by atoms with E-state index in [9.17, 15) is 0 Å². The number of fused-ring (bicyclic) bond motifs is 5. The van der Waals surface area contributed by atoms with Gasteiger partial charge in [0.2, 0.25) is 0 Å². The van der Waals surface area contributed by atoms with E-state index in [4.69, 9.17) is 6.42 Å². The van der Waals surface area contributed by atoms with Crippen LogP contribution >= 0.6 is 0 Å². The van der Waals surface area contributed by atoms with Crippen LogP contribution in [-0.4, -0.2) is 0 Å². The van der Waals surface area contributed by atoms with Crippen LogP contribution in [0.5, 0.6) is 0 Å². The fourth-order valence-corrected chi connectivity index (χ4v) is 7.57. The molecule has 4 saturated carbocycles. The summed E-state index contributed by atoms with van der Waals surface area (Å²) in [5, 5.41) is 0. The Morgan fingerprint density at radius 3 is 2.43 bits per heavy atom. The van der Waals surface area contributed by atoms with Crippen molar-refractivity contribution in [3.8, 4) is 12.3 Å². The Morgan fingerprint density at radius 2 is 1.62 bits per heavy atom. The van der Waals surface area contributed by atoms with Crippen molar-refractivity contribution in [2.24, 2.45) is 40.4 Å². The van der Waals surface area contributed by atoms with Gasteiger partial charge in [-0.05, 0) is 85.9 Å². The molecule has 0 aliphatic heterocycles. The van der Waals surface area contributed by atoms with Crippen molar-refractivity contribution in [3.05, 3.63) is 0 Å². The van der Waals surface area contributed by atoms with Gasteiger partial charge in [-0.3, -0.25) is 0 Å². The summed E-state index contributed by atoms with van der Waals surface area (Å²) in [6, 6.07) is 0. The second-order valence-electron chi connectivity index (χ2n) is 9.24. The number of hydrogen-bond donors (Lipinski definition) is 0. The molecule has 0 aromatic carbocycles. The summed E-state index contributed by atoms with van der Waals surface area (Å²) in [5.41, 5.74) is 1.16. The predicted octanol–water partition coefficient (Wildman–Crippen LogP) is 5.67. The average Bonchev–Trinajstić information content (AvgIpc) is 2.83. The second-order valence-corrected chi connectivity index (χ2v) is 9.24. The maximum Gasteiger partial charge on any atom is 0.0256 e. The van der Waals surface area contributed by atoms with Gasteiger partial charge in [-0.15, -0.1) is 12.3 Å². The minimum atomic E-state index is 0.480. The van der Waals surface area contributed by atoms with Crippen LogP contribution in [-0.2, 0) is 0 Å². The molecule has 4 fully saturated rings. The first-order chi connectivity index (χ1) is 10.1. The molecule has 0 radical (unpaired) electrons. The maximum atomic E-state index is 5.88. The molecular formula is C21H32. The molecule has 7 unspecified atom stereocenters. The summed E-state index contributed by atoms with van der Waals surface area (Å²) in [7, 11) is 0. The van der Waals surface area contributed by atoms with E-state index < -0.39 is 0 Å². The molecule has 0 bridgehead atoms. The van der Waals surface area contributed by atoms with Gasteiger partial charge in [0.15, 0.2) is 0 Å². The van der Waals surface area contributed by atoms with E-state index in [0.29, 0.717) is 16.7 Å². The standard InChI is InChI=1S/C21H32/c1-4-15-9-11-18-17-10-8-16-7-5-6-13-20(16,2)19(17)12-14-21(15,18)3/h1,15-19H,5-14H2,2-3H3. The lowest BCUT2D eigenvalue weighted by atomic mass is 9.45. The average molecular weight is 284 g/mol. The van der Waals surface area contributed by atoms with E-state index >= 15 is 0 Å². The smallest absolute Gasteiger partial charge is 0.0256 e. The molecule has 0 aromatic heterocycles. The van der Waals surface area contributed by atoms with Gasteiger partial charge in [-0.2, -0.15) is 0 Å². The maximum absolute atomic E-state index is 5.88. The van der Waals surface area contributed by atoms with Crippen LogP contribution in [0.2, 0.25) is 0 Å². The van der Waals surface area contributed by atoms with Crippen LogP contribution < -0.4 is 0 Å². The highest BCUT2D eigenvalue weighted by Gasteiger charge is 2.59. The Balaban J connectivity index is 1.64. The monoisotopic (exact) mass is 284 g/mol. The molecule has 0 saturated heterocycles. The van der Waals surface area contributed by atoms with Gasteiger partial charge in [-0.25, -0.2) is 0 Å². The summed E-state index contributed by atoms with van der Waals surface area (Å²) in [4.78, 5) is 0. The van der Waals surface area contributed by atoms with E-state index in [1.165, 1.54) is 64.2 Å². The molecule has 4 aliphatic rings. The van der Waals surface area contributed by atoms with Crippen LogP contribution in [0.25, 0.3) is 0 Å². The highest BCUT2D eigenvalue weighted by atomic mass is 14.6. The number of terminal acetylenes is 1. The third kappa shape index (κ3) is 1.82. The van der Waals surface area contributed by atoms with Gasteiger partial charge in [0, 0.05) is 5.92 Å². The summed E-state index contributed by atoms with van der Waals surface area (Å²) in [6.45, 7) is 5.21. The first-order valence-electron chi connectivity index (χ1n) is 9.56. The van der Waals surface area contributed by atoms with Crippen molar-refractivity contribution < 1.29 is 0 Å². The molecule has 0 heterocycles. The molecular weight excluding hydrogens is 252 g/mol. The fourth-order valence-electron chi connectivity index (χ4n) is 7.57. The highest BCUT2D eigenvalue weighted by molar-refractivity contribution is 5.14. The van der Waals surface area contributed by atoms with Crippen molar-refractivity contribution in [2.45, 2.75) is 78.1 Å². The minimum absolute atomic E-state index is 0.480. The molecule has 0 nitrogen and oxygen atoms in total. The SMILES string of the molecule is C#CC1CCC2C3CCC4CCCCC4(C)C3CCC12C. The molecule has 4 rings (SSSR count). The highest BCUT2D eigenvalue weighted by Crippen LogP contribution is 2.67. The molecule has 4 aliphatic carbocycles. The zero-order valence-electron chi connectivity index (χ0n) is 14.0. The lowest BCUT2D eigenvalue weighted by molar-refractivity contribution is -0.107. The zero-order valence-corrected chi connectivity index (χ0v) is 14.0. The lowest BCUT2D eigenvalue weighted by Gasteiger charge is -2.60. The van der Waals surface area contributed by atoms with Crippen LogP contribution in [0, 0.1) is 52.8 Å².